The second-order valence-electron chi connectivity index (χ2n) is 5.87. The van der Waals surface area contributed by atoms with Crippen molar-refractivity contribution in [3.05, 3.63) is 0 Å². The summed E-state index contributed by atoms with van der Waals surface area (Å²) in [6, 6.07) is 0.261. The second-order valence-corrected chi connectivity index (χ2v) is 5.87. The van der Waals surface area contributed by atoms with Gasteiger partial charge in [0, 0.05) is 32.2 Å². The molecule has 2 aliphatic heterocycles. The quantitative estimate of drug-likeness (QED) is 0.823. The van der Waals surface area contributed by atoms with Crippen molar-refractivity contribution in [2.45, 2.75) is 57.4 Å². The van der Waals surface area contributed by atoms with Crippen LogP contribution in [0.25, 0.3) is 0 Å². The Hall–Kier alpha value is -1.10. The van der Waals surface area contributed by atoms with Gasteiger partial charge >= 0.3 is 0 Å². The SMILES string of the molecule is O=C1CCCCCN1CC(=O)N1CCCC1CCCO. The molecule has 2 saturated heterocycles. The number of nitrogens with zero attached hydrogens (tertiary/aromatic N) is 2. The molecule has 0 spiro atoms. The predicted molar refractivity (Wildman–Crippen MR) is 76.1 cm³/mol. The monoisotopic (exact) mass is 282 g/mol. The van der Waals surface area contributed by atoms with E-state index in [-0.39, 0.29) is 31.0 Å². The summed E-state index contributed by atoms with van der Waals surface area (Å²) in [5.41, 5.74) is 0. The molecule has 1 unspecified atom stereocenters. The lowest BCUT2D eigenvalue weighted by Gasteiger charge is -2.28. The van der Waals surface area contributed by atoms with Crippen LogP contribution in [0.2, 0.25) is 0 Å². The van der Waals surface area contributed by atoms with E-state index in [1.807, 2.05) is 4.90 Å². The fourth-order valence-corrected chi connectivity index (χ4v) is 3.25. The number of carbonyl (C=O) groups excluding carboxylic acids is 2. The highest BCUT2D eigenvalue weighted by molar-refractivity contribution is 5.85. The van der Waals surface area contributed by atoms with E-state index >= 15 is 0 Å². The highest BCUT2D eigenvalue weighted by atomic mass is 16.3. The highest BCUT2D eigenvalue weighted by Crippen LogP contribution is 2.22. The average Bonchev–Trinajstić information content (AvgIpc) is 2.82. The largest absolute Gasteiger partial charge is 0.396 e. The maximum atomic E-state index is 12.4. The van der Waals surface area contributed by atoms with Gasteiger partial charge in [0.15, 0.2) is 0 Å². The van der Waals surface area contributed by atoms with E-state index in [0.717, 1.165) is 58.0 Å². The summed E-state index contributed by atoms with van der Waals surface area (Å²) in [5.74, 6) is 0.211. The third-order valence-electron chi connectivity index (χ3n) is 4.39. The van der Waals surface area contributed by atoms with Crippen molar-refractivity contribution >= 4 is 11.8 Å². The van der Waals surface area contributed by atoms with Gasteiger partial charge in [0.2, 0.25) is 11.8 Å². The minimum Gasteiger partial charge on any atom is -0.396 e. The van der Waals surface area contributed by atoms with Gasteiger partial charge in [-0.1, -0.05) is 6.42 Å². The van der Waals surface area contributed by atoms with Crippen LogP contribution in [-0.4, -0.2) is 59.0 Å². The molecule has 2 amide bonds. The maximum Gasteiger partial charge on any atom is 0.242 e. The average molecular weight is 282 g/mol. The van der Waals surface area contributed by atoms with Crippen LogP contribution in [0.1, 0.15) is 51.4 Å². The van der Waals surface area contributed by atoms with Crippen molar-refractivity contribution in [1.29, 1.82) is 0 Å². The Bertz CT molecular complexity index is 346. The van der Waals surface area contributed by atoms with Crippen LogP contribution in [0.4, 0.5) is 0 Å². The molecule has 2 rings (SSSR count). The van der Waals surface area contributed by atoms with Crippen molar-refractivity contribution in [3.63, 3.8) is 0 Å². The first-order valence-electron chi connectivity index (χ1n) is 7.90. The van der Waals surface area contributed by atoms with E-state index in [1.54, 1.807) is 4.90 Å². The molecule has 5 nitrogen and oxygen atoms in total. The van der Waals surface area contributed by atoms with Gasteiger partial charge in [-0.2, -0.15) is 0 Å². The van der Waals surface area contributed by atoms with E-state index in [9.17, 15) is 9.59 Å². The summed E-state index contributed by atoms with van der Waals surface area (Å²) >= 11 is 0. The van der Waals surface area contributed by atoms with Gasteiger partial charge in [-0.3, -0.25) is 9.59 Å². The Morgan fingerprint density at radius 2 is 2.05 bits per heavy atom. The van der Waals surface area contributed by atoms with Crippen LogP contribution in [0.3, 0.4) is 0 Å². The predicted octanol–water partition coefficient (Wildman–Crippen LogP) is 1.15. The van der Waals surface area contributed by atoms with E-state index in [1.165, 1.54) is 0 Å². The third kappa shape index (κ3) is 3.95. The lowest BCUT2D eigenvalue weighted by atomic mass is 10.1. The fourth-order valence-electron chi connectivity index (χ4n) is 3.25. The van der Waals surface area contributed by atoms with Crippen LogP contribution in [0.15, 0.2) is 0 Å². The zero-order valence-electron chi connectivity index (χ0n) is 12.2. The molecule has 0 aliphatic carbocycles. The highest BCUT2D eigenvalue weighted by Gasteiger charge is 2.30. The fraction of sp³-hybridized carbons (Fsp3) is 0.867. The molecule has 0 radical (unpaired) electrons. The number of hydrogen-bond donors (Lipinski definition) is 1. The summed E-state index contributed by atoms with van der Waals surface area (Å²) in [6.45, 7) is 1.95. The molecule has 0 saturated carbocycles. The molecule has 2 fully saturated rings. The Kier molecular flexibility index (Phi) is 5.83. The van der Waals surface area contributed by atoms with Crippen LogP contribution < -0.4 is 0 Å². The molecular formula is C15H26N2O3. The lowest BCUT2D eigenvalue weighted by Crippen LogP contribution is -2.44. The molecule has 2 aliphatic rings. The number of amides is 2. The number of hydrogen-bond acceptors (Lipinski definition) is 3. The lowest BCUT2D eigenvalue weighted by molar-refractivity contribution is -0.140. The Morgan fingerprint density at radius 3 is 2.85 bits per heavy atom. The van der Waals surface area contributed by atoms with Crippen molar-refractivity contribution < 1.29 is 14.7 Å². The molecule has 0 bridgehead atoms. The van der Waals surface area contributed by atoms with Gasteiger partial charge in [-0.05, 0) is 38.5 Å². The summed E-state index contributed by atoms with van der Waals surface area (Å²) in [4.78, 5) is 28.0. The minimum atomic E-state index is 0.0840. The molecule has 0 aromatic rings. The first kappa shape index (κ1) is 15.3. The first-order chi connectivity index (χ1) is 9.72. The number of rotatable bonds is 5. The van der Waals surface area contributed by atoms with Crippen molar-refractivity contribution in [3.8, 4) is 0 Å². The smallest absolute Gasteiger partial charge is 0.242 e. The number of likely N-dealkylation sites (tertiary alicyclic amines) is 2. The zero-order valence-corrected chi connectivity index (χ0v) is 12.2. The van der Waals surface area contributed by atoms with Crippen LogP contribution in [0, 0.1) is 0 Å². The van der Waals surface area contributed by atoms with E-state index in [4.69, 9.17) is 5.11 Å². The summed E-state index contributed by atoms with van der Waals surface area (Å²) in [6.07, 6.45) is 7.31. The Balaban J connectivity index is 1.87. The van der Waals surface area contributed by atoms with Gasteiger partial charge in [0.25, 0.3) is 0 Å². The zero-order chi connectivity index (χ0) is 14.4. The summed E-state index contributed by atoms with van der Waals surface area (Å²) in [5, 5.41) is 8.92. The summed E-state index contributed by atoms with van der Waals surface area (Å²) in [7, 11) is 0. The van der Waals surface area contributed by atoms with Crippen LogP contribution in [-0.2, 0) is 9.59 Å². The molecule has 5 heteroatoms. The number of carbonyl (C=O) groups is 2. The van der Waals surface area contributed by atoms with Crippen molar-refractivity contribution in [2.75, 3.05) is 26.2 Å². The van der Waals surface area contributed by atoms with E-state index < -0.39 is 0 Å². The maximum absolute atomic E-state index is 12.4. The molecule has 0 aromatic heterocycles. The van der Waals surface area contributed by atoms with E-state index in [0.29, 0.717) is 6.42 Å². The van der Waals surface area contributed by atoms with Gasteiger partial charge in [0.1, 0.15) is 0 Å². The molecule has 2 heterocycles. The molecule has 20 heavy (non-hydrogen) atoms. The first-order valence-corrected chi connectivity index (χ1v) is 7.90. The van der Waals surface area contributed by atoms with Gasteiger partial charge in [-0.25, -0.2) is 0 Å². The topological polar surface area (TPSA) is 60.9 Å². The molecule has 1 atom stereocenters. The normalized spacial score (nSPS) is 24.1. The third-order valence-corrected chi connectivity index (χ3v) is 4.39. The number of aliphatic hydroxyl groups is 1. The van der Waals surface area contributed by atoms with Gasteiger partial charge in [-0.15, -0.1) is 0 Å². The van der Waals surface area contributed by atoms with Crippen molar-refractivity contribution in [2.24, 2.45) is 0 Å². The van der Waals surface area contributed by atoms with Crippen LogP contribution in [0.5, 0.6) is 0 Å². The van der Waals surface area contributed by atoms with Crippen LogP contribution >= 0.6 is 0 Å². The van der Waals surface area contributed by atoms with Gasteiger partial charge in [0.05, 0.1) is 6.54 Å². The minimum absolute atomic E-state index is 0.0840. The second kappa shape index (κ2) is 7.62. The summed E-state index contributed by atoms with van der Waals surface area (Å²) < 4.78 is 0. The molecule has 0 aromatic carbocycles. The van der Waals surface area contributed by atoms with Gasteiger partial charge < -0.3 is 14.9 Å². The molecule has 1 N–H and O–H groups in total. The number of aliphatic hydroxyl groups excluding tert-OH is 1. The Morgan fingerprint density at radius 1 is 1.20 bits per heavy atom. The van der Waals surface area contributed by atoms with Crippen molar-refractivity contribution in [1.82, 2.24) is 9.80 Å². The van der Waals surface area contributed by atoms with E-state index in [2.05, 4.69) is 0 Å². The molecule has 114 valence electrons. The standard InChI is InChI=1S/C15H26N2O3/c18-11-5-7-13-6-4-10-17(13)15(20)12-16-9-3-1-2-8-14(16)19/h13,18H,1-12H2. The molecular weight excluding hydrogens is 256 g/mol. The Labute approximate surface area is 120 Å².